The summed E-state index contributed by atoms with van der Waals surface area (Å²) in [6.07, 6.45) is 9.64. The molecule has 1 N–H and O–H groups in total. The van der Waals surface area contributed by atoms with Gasteiger partial charge in [0.15, 0.2) is 0 Å². The van der Waals surface area contributed by atoms with E-state index in [1.807, 2.05) is 6.07 Å². The molecule has 0 amide bonds. The van der Waals surface area contributed by atoms with E-state index in [4.69, 9.17) is 5.11 Å². The molecule has 4 heteroatoms. The highest BCUT2D eigenvalue weighted by atomic mass is 16.4. The Morgan fingerprint density at radius 3 is 2.52 bits per heavy atom. The number of hydrogen-bond donors (Lipinski definition) is 1. The van der Waals surface area contributed by atoms with Crippen LogP contribution in [0.1, 0.15) is 61.1 Å². The number of aromatic nitrogens is 1. The van der Waals surface area contributed by atoms with Gasteiger partial charge in [-0.1, -0.05) is 25.3 Å². The third-order valence-electron chi connectivity index (χ3n) is 5.24. The standard InChI is InChI=1S/C17H24N2O2/c20-16(21)15-6-4-5-14(18-15)13-19-11-9-17(10-12-19)7-2-1-3-8-17/h4-6H,1-3,7-13H2,(H,20,21). The van der Waals surface area contributed by atoms with E-state index < -0.39 is 5.97 Å². The maximum absolute atomic E-state index is 11.0. The van der Waals surface area contributed by atoms with Gasteiger partial charge in [-0.3, -0.25) is 4.90 Å². The van der Waals surface area contributed by atoms with Gasteiger partial charge in [0.1, 0.15) is 5.69 Å². The SMILES string of the molecule is O=C(O)c1cccc(CN2CCC3(CCCCC3)CC2)n1. The Labute approximate surface area is 126 Å². The van der Waals surface area contributed by atoms with Gasteiger partial charge in [-0.05, 0) is 56.3 Å². The molecule has 0 radical (unpaired) electrons. The van der Waals surface area contributed by atoms with E-state index in [9.17, 15) is 4.79 Å². The van der Waals surface area contributed by atoms with Crippen molar-refractivity contribution in [3.63, 3.8) is 0 Å². The van der Waals surface area contributed by atoms with Crippen LogP contribution in [-0.2, 0) is 6.54 Å². The van der Waals surface area contributed by atoms with Crippen LogP contribution in [0, 0.1) is 5.41 Å². The Hall–Kier alpha value is -1.42. The lowest BCUT2D eigenvalue weighted by molar-refractivity contribution is 0.0632. The summed E-state index contributed by atoms with van der Waals surface area (Å²) in [4.78, 5) is 17.6. The van der Waals surface area contributed by atoms with E-state index in [0.29, 0.717) is 5.41 Å². The molecule has 1 spiro atoms. The van der Waals surface area contributed by atoms with Gasteiger partial charge in [-0.15, -0.1) is 0 Å². The van der Waals surface area contributed by atoms with Crippen LogP contribution in [-0.4, -0.2) is 34.0 Å². The van der Waals surface area contributed by atoms with E-state index in [1.54, 1.807) is 12.1 Å². The number of pyridine rings is 1. The second-order valence-corrected chi connectivity index (χ2v) is 6.66. The number of aromatic carboxylic acids is 1. The van der Waals surface area contributed by atoms with Crippen molar-refractivity contribution < 1.29 is 9.90 Å². The monoisotopic (exact) mass is 288 g/mol. The quantitative estimate of drug-likeness (QED) is 0.927. The number of carboxylic acids is 1. The molecule has 1 aromatic rings. The smallest absolute Gasteiger partial charge is 0.354 e. The van der Waals surface area contributed by atoms with Crippen molar-refractivity contribution >= 4 is 5.97 Å². The Bertz CT molecular complexity index is 499. The van der Waals surface area contributed by atoms with Gasteiger partial charge in [-0.2, -0.15) is 0 Å². The highest BCUT2D eigenvalue weighted by Crippen LogP contribution is 2.44. The van der Waals surface area contributed by atoms with Crippen LogP contribution >= 0.6 is 0 Å². The Balaban J connectivity index is 1.57. The zero-order valence-corrected chi connectivity index (χ0v) is 12.6. The summed E-state index contributed by atoms with van der Waals surface area (Å²) < 4.78 is 0. The fourth-order valence-corrected chi connectivity index (χ4v) is 3.90. The first-order chi connectivity index (χ1) is 10.2. The summed E-state index contributed by atoms with van der Waals surface area (Å²) in [5, 5.41) is 9.01. The van der Waals surface area contributed by atoms with Gasteiger partial charge in [0.2, 0.25) is 0 Å². The van der Waals surface area contributed by atoms with Crippen molar-refractivity contribution in [2.75, 3.05) is 13.1 Å². The summed E-state index contributed by atoms with van der Waals surface area (Å²) in [5.41, 5.74) is 1.63. The van der Waals surface area contributed by atoms with Crippen molar-refractivity contribution in [1.82, 2.24) is 9.88 Å². The largest absolute Gasteiger partial charge is 0.477 e. The minimum atomic E-state index is -0.948. The van der Waals surface area contributed by atoms with Crippen LogP contribution in [0.15, 0.2) is 18.2 Å². The Morgan fingerprint density at radius 1 is 1.14 bits per heavy atom. The number of likely N-dealkylation sites (tertiary alicyclic amines) is 1. The zero-order valence-electron chi connectivity index (χ0n) is 12.6. The lowest BCUT2D eigenvalue weighted by atomic mass is 9.68. The molecule has 21 heavy (non-hydrogen) atoms. The van der Waals surface area contributed by atoms with E-state index in [1.165, 1.54) is 44.9 Å². The van der Waals surface area contributed by atoms with Crippen LogP contribution in [0.5, 0.6) is 0 Å². The number of rotatable bonds is 3. The van der Waals surface area contributed by atoms with Crippen LogP contribution in [0.2, 0.25) is 0 Å². The molecule has 1 aliphatic carbocycles. The van der Waals surface area contributed by atoms with Crippen molar-refractivity contribution in [2.45, 2.75) is 51.5 Å². The van der Waals surface area contributed by atoms with Crippen LogP contribution in [0.3, 0.4) is 0 Å². The predicted molar refractivity (Wildman–Crippen MR) is 81.2 cm³/mol. The fourth-order valence-electron chi connectivity index (χ4n) is 3.90. The van der Waals surface area contributed by atoms with E-state index in [2.05, 4.69) is 9.88 Å². The highest BCUT2D eigenvalue weighted by molar-refractivity contribution is 5.85. The minimum Gasteiger partial charge on any atom is -0.477 e. The minimum absolute atomic E-state index is 0.147. The lowest BCUT2D eigenvalue weighted by Gasteiger charge is -2.44. The average molecular weight is 288 g/mol. The molecule has 114 valence electrons. The van der Waals surface area contributed by atoms with E-state index >= 15 is 0 Å². The first-order valence-corrected chi connectivity index (χ1v) is 8.09. The molecule has 0 atom stereocenters. The molecule has 0 bridgehead atoms. The summed E-state index contributed by atoms with van der Waals surface area (Å²) in [6.45, 7) is 3.02. The lowest BCUT2D eigenvalue weighted by Crippen LogP contribution is -2.40. The first kappa shape index (κ1) is 14.5. The number of carbonyl (C=O) groups is 1. The normalized spacial score (nSPS) is 22.3. The number of nitrogens with zero attached hydrogens (tertiary/aromatic N) is 2. The van der Waals surface area contributed by atoms with Crippen molar-refractivity contribution in [3.8, 4) is 0 Å². The molecule has 4 nitrogen and oxygen atoms in total. The molecule has 1 aliphatic heterocycles. The molecule has 3 rings (SSSR count). The third kappa shape index (κ3) is 3.43. The van der Waals surface area contributed by atoms with Crippen LogP contribution < -0.4 is 0 Å². The van der Waals surface area contributed by atoms with Gasteiger partial charge in [0.05, 0.1) is 5.69 Å². The Morgan fingerprint density at radius 2 is 1.86 bits per heavy atom. The van der Waals surface area contributed by atoms with E-state index in [-0.39, 0.29) is 5.69 Å². The molecule has 2 fully saturated rings. The van der Waals surface area contributed by atoms with Crippen molar-refractivity contribution in [1.29, 1.82) is 0 Å². The topological polar surface area (TPSA) is 53.4 Å². The summed E-state index contributed by atoms with van der Waals surface area (Å²) in [7, 11) is 0. The average Bonchev–Trinajstić information content (AvgIpc) is 2.51. The molecule has 2 aliphatic rings. The van der Waals surface area contributed by atoms with Gasteiger partial charge >= 0.3 is 5.97 Å². The van der Waals surface area contributed by atoms with Gasteiger partial charge in [0.25, 0.3) is 0 Å². The molecule has 0 aromatic carbocycles. The number of piperidine rings is 1. The molecular weight excluding hydrogens is 264 g/mol. The first-order valence-electron chi connectivity index (χ1n) is 8.09. The van der Waals surface area contributed by atoms with E-state index in [0.717, 1.165) is 25.3 Å². The molecule has 2 heterocycles. The maximum Gasteiger partial charge on any atom is 0.354 e. The molecule has 1 saturated carbocycles. The van der Waals surface area contributed by atoms with Gasteiger partial charge < -0.3 is 5.11 Å². The highest BCUT2D eigenvalue weighted by Gasteiger charge is 2.35. The summed E-state index contributed by atoms with van der Waals surface area (Å²) >= 11 is 0. The molecular formula is C17H24N2O2. The van der Waals surface area contributed by atoms with Crippen LogP contribution in [0.25, 0.3) is 0 Å². The molecule has 1 saturated heterocycles. The Kier molecular flexibility index (Phi) is 4.24. The molecule has 1 aromatic heterocycles. The van der Waals surface area contributed by atoms with Crippen molar-refractivity contribution in [2.24, 2.45) is 5.41 Å². The third-order valence-corrected chi connectivity index (χ3v) is 5.24. The summed E-state index contributed by atoms with van der Waals surface area (Å²) in [5.74, 6) is -0.948. The fraction of sp³-hybridized carbons (Fsp3) is 0.647. The van der Waals surface area contributed by atoms with Gasteiger partial charge in [0, 0.05) is 6.54 Å². The number of hydrogen-bond acceptors (Lipinski definition) is 3. The second-order valence-electron chi connectivity index (χ2n) is 6.66. The number of carboxylic acid groups (broad SMARTS) is 1. The maximum atomic E-state index is 11.0. The second kappa shape index (κ2) is 6.14. The molecule has 0 unspecified atom stereocenters. The van der Waals surface area contributed by atoms with Crippen LogP contribution in [0.4, 0.5) is 0 Å². The van der Waals surface area contributed by atoms with Crippen molar-refractivity contribution in [3.05, 3.63) is 29.6 Å². The zero-order chi connectivity index (χ0) is 14.7. The predicted octanol–water partition coefficient (Wildman–Crippen LogP) is 3.33. The van der Waals surface area contributed by atoms with Gasteiger partial charge in [-0.25, -0.2) is 9.78 Å². The summed E-state index contributed by atoms with van der Waals surface area (Å²) in [6, 6.07) is 5.27.